The maximum absolute atomic E-state index is 13.1. The van der Waals surface area contributed by atoms with Gasteiger partial charge in [0.2, 0.25) is 10.0 Å². The minimum atomic E-state index is -3.73. The third kappa shape index (κ3) is 4.84. The Morgan fingerprint density at radius 2 is 1.57 bits per heavy atom. The van der Waals surface area contributed by atoms with Gasteiger partial charge in [-0.05, 0) is 30.3 Å². The Morgan fingerprint density at radius 3 is 2.14 bits per heavy atom. The van der Waals surface area contributed by atoms with Gasteiger partial charge in [-0.2, -0.15) is 0 Å². The summed E-state index contributed by atoms with van der Waals surface area (Å²) in [6.07, 6.45) is 0. The van der Waals surface area contributed by atoms with Gasteiger partial charge >= 0.3 is 5.97 Å². The van der Waals surface area contributed by atoms with E-state index in [1.807, 2.05) is 0 Å². The fraction of sp³-hybridized carbons (Fsp3) is 0.200. The smallest absolute Gasteiger partial charge is 0.318 e. The fourth-order valence-electron chi connectivity index (χ4n) is 3.73. The average molecular weight is 497 g/mol. The number of ether oxygens (including phenoxy) is 3. The molecule has 0 aromatic heterocycles. The number of carbonyl (C=O) groups is 2. The number of esters is 1. The van der Waals surface area contributed by atoms with Crippen molar-refractivity contribution < 1.29 is 32.2 Å². The third-order valence-corrected chi connectivity index (χ3v) is 7.30. The summed E-state index contributed by atoms with van der Waals surface area (Å²) in [5.41, 5.74) is 1.41. The van der Waals surface area contributed by atoms with Gasteiger partial charge < -0.3 is 19.5 Å². The summed E-state index contributed by atoms with van der Waals surface area (Å²) in [4.78, 5) is 25.7. The number of nitrogens with one attached hydrogen (secondary N) is 1. The molecule has 182 valence electrons. The van der Waals surface area contributed by atoms with Gasteiger partial charge in [-0.15, -0.1) is 0 Å². The van der Waals surface area contributed by atoms with Gasteiger partial charge in [-0.25, -0.2) is 12.7 Å². The SMILES string of the molecule is COc1ccc(S(=O)(=O)N(C)C)cc1NC(=O)COC(=O)C1c2ccccc2Oc2ccccc21. The minimum Gasteiger partial charge on any atom is -0.495 e. The summed E-state index contributed by atoms with van der Waals surface area (Å²) in [7, 11) is 0.479. The number of anilines is 1. The number of carbonyl (C=O) groups excluding carboxylic acids is 2. The van der Waals surface area contributed by atoms with Crippen LogP contribution in [0.15, 0.2) is 71.6 Å². The molecule has 10 heteroatoms. The Kier molecular flexibility index (Phi) is 6.77. The highest BCUT2D eigenvalue weighted by atomic mass is 32.2. The highest BCUT2D eigenvalue weighted by molar-refractivity contribution is 7.89. The molecule has 1 heterocycles. The standard InChI is InChI=1S/C25H24N2O7S/c1-27(2)35(30,31)16-12-13-22(32-3)19(14-16)26-23(28)15-33-25(29)24-17-8-4-6-10-20(17)34-21-11-7-5-9-18(21)24/h4-14,24H,15H2,1-3H3,(H,26,28). The summed E-state index contributed by atoms with van der Waals surface area (Å²) in [5, 5.41) is 2.56. The van der Waals surface area contributed by atoms with Crippen LogP contribution in [0.1, 0.15) is 17.0 Å². The van der Waals surface area contributed by atoms with Gasteiger partial charge in [0.25, 0.3) is 5.91 Å². The molecule has 1 N–H and O–H groups in total. The van der Waals surface area contributed by atoms with Gasteiger partial charge in [-0.1, -0.05) is 36.4 Å². The lowest BCUT2D eigenvalue weighted by Gasteiger charge is -2.26. The van der Waals surface area contributed by atoms with E-state index in [1.165, 1.54) is 39.4 Å². The van der Waals surface area contributed by atoms with Crippen molar-refractivity contribution >= 4 is 27.6 Å². The molecule has 1 aliphatic rings. The molecule has 0 atom stereocenters. The van der Waals surface area contributed by atoms with Crippen molar-refractivity contribution in [3.05, 3.63) is 77.9 Å². The number of sulfonamides is 1. The Morgan fingerprint density at radius 1 is 0.971 bits per heavy atom. The zero-order valence-electron chi connectivity index (χ0n) is 19.3. The Labute approximate surface area is 203 Å². The van der Waals surface area contributed by atoms with Crippen molar-refractivity contribution in [2.24, 2.45) is 0 Å². The van der Waals surface area contributed by atoms with E-state index in [0.717, 1.165) is 4.31 Å². The molecular weight excluding hydrogens is 472 g/mol. The maximum Gasteiger partial charge on any atom is 0.318 e. The topological polar surface area (TPSA) is 111 Å². The molecule has 35 heavy (non-hydrogen) atoms. The van der Waals surface area contributed by atoms with E-state index in [0.29, 0.717) is 22.6 Å². The van der Waals surface area contributed by atoms with Crippen LogP contribution < -0.4 is 14.8 Å². The van der Waals surface area contributed by atoms with Crippen LogP contribution in [-0.4, -0.2) is 52.4 Å². The van der Waals surface area contributed by atoms with Gasteiger partial charge in [-0.3, -0.25) is 9.59 Å². The van der Waals surface area contributed by atoms with Crippen molar-refractivity contribution in [2.45, 2.75) is 10.8 Å². The summed E-state index contributed by atoms with van der Waals surface area (Å²) in [5.74, 6) is -0.673. The van der Waals surface area contributed by atoms with Crippen LogP contribution in [0.4, 0.5) is 5.69 Å². The lowest BCUT2D eigenvalue weighted by molar-refractivity contribution is -0.148. The van der Waals surface area contributed by atoms with Crippen LogP contribution in [0, 0.1) is 0 Å². The summed E-state index contributed by atoms with van der Waals surface area (Å²) >= 11 is 0. The van der Waals surface area contributed by atoms with E-state index >= 15 is 0 Å². The van der Waals surface area contributed by atoms with E-state index in [9.17, 15) is 18.0 Å². The predicted molar refractivity (Wildman–Crippen MR) is 128 cm³/mol. The molecule has 0 spiro atoms. The zero-order chi connectivity index (χ0) is 25.2. The van der Waals surface area contributed by atoms with Crippen molar-refractivity contribution in [3.8, 4) is 17.2 Å². The van der Waals surface area contributed by atoms with Crippen molar-refractivity contribution in [1.82, 2.24) is 4.31 Å². The quantitative estimate of drug-likeness (QED) is 0.499. The largest absolute Gasteiger partial charge is 0.495 e. The Bertz CT molecular complexity index is 1340. The maximum atomic E-state index is 13.1. The summed E-state index contributed by atoms with van der Waals surface area (Å²) in [6.45, 7) is -0.575. The first kappa shape index (κ1) is 24.2. The molecule has 0 fully saturated rings. The number of hydrogen-bond acceptors (Lipinski definition) is 7. The monoisotopic (exact) mass is 496 g/mol. The minimum absolute atomic E-state index is 0.0222. The highest BCUT2D eigenvalue weighted by Crippen LogP contribution is 2.44. The fourth-order valence-corrected chi connectivity index (χ4v) is 4.65. The first-order chi connectivity index (χ1) is 16.7. The Balaban J connectivity index is 1.51. The zero-order valence-corrected chi connectivity index (χ0v) is 20.2. The lowest BCUT2D eigenvalue weighted by atomic mass is 9.88. The molecule has 3 aromatic rings. The van der Waals surface area contributed by atoms with Crippen LogP contribution in [0.2, 0.25) is 0 Å². The number of para-hydroxylation sites is 2. The normalized spacial score (nSPS) is 12.8. The van der Waals surface area contributed by atoms with Gasteiger partial charge in [0.15, 0.2) is 6.61 Å². The number of rotatable bonds is 7. The van der Waals surface area contributed by atoms with Crippen LogP contribution in [0.3, 0.4) is 0 Å². The number of methoxy groups -OCH3 is 1. The first-order valence-electron chi connectivity index (χ1n) is 10.6. The second-order valence-corrected chi connectivity index (χ2v) is 10.1. The number of fused-ring (bicyclic) bond motifs is 2. The molecule has 0 radical (unpaired) electrons. The van der Waals surface area contributed by atoms with Crippen LogP contribution in [0.5, 0.6) is 17.2 Å². The molecule has 0 saturated heterocycles. The van der Waals surface area contributed by atoms with Crippen LogP contribution in [-0.2, 0) is 24.3 Å². The molecular formula is C25H24N2O7S. The molecule has 0 bridgehead atoms. The third-order valence-electron chi connectivity index (χ3n) is 5.48. The lowest BCUT2D eigenvalue weighted by Crippen LogP contribution is -2.26. The molecule has 3 aromatic carbocycles. The molecule has 1 amide bonds. The van der Waals surface area contributed by atoms with E-state index in [1.54, 1.807) is 48.5 Å². The van der Waals surface area contributed by atoms with Crippen LogP contribution >= 0.6 is 0 Å². The van der Waals surface area contributed by atoms with Gasteiger partial charge in [0.1, 0.15) is 23.2 Å². The number of benzene rings is 3. The molecule has 0 aliphatic carbocycles. The van der Waals surface area contributed by atoms with Crippen LogP contribution in [0.25, 0.3) is 0 Å². The molecule has 0 saturated carbocycles. The van der Waals surface area contributed by atoms with Crippen molar-refractivity contribution in [3.63, 3.8) is 0 Å². The first-order valence-corrected chi connectivity index (χ1v) is 12.1. The summed E-state index contributed by atoms with van der Waals surface area (Å²) in [6, 6.07) is 18.4. The van der Waals surface area contributed by atoms with E-state index in [4.69, 9.17) is 14.2 Å². The van der Waals surface area contributed by atoms with Gasteiger partial charge in [0, 0.05) is 25.2 Å². The van der Waals surface area contributed by atoms with E-state index in [-0.39, 0.29) is 16.3 Å². The number of amides is 1. The van der Waals surface area contributed by atoms with Gasteiger partial charge in [0.05, 0.1) is 17.7 Å². The van der Waals surface area contributed by atoms with Crippen molar-refractivity contribution in [2.75, 3.05) is 33.1 Å². The highest BCUT2D eigenvalue weighted by Gasteiger charge is 2.34. The number of hydrogen-bond donors (Lipinski definition) is 1. The molecule has 9 nitrogen and oxygen atoms in total. The second-order valence-electron chi connectivity index (χ2n) is 7.92. The molecule has 1 aliphatic heterocycles. The van der Waals surface area contributed by atoms with E-state index in [2.05, 4.69) is 5.32 Å². The average Bonchev–Trinajstić information content (AvgIpc) is 2.85. The molecule has 4 rings (SSSR count). The number of nitrogens with zero attached hydrogens (tertiary/aromatic N) is 1. The van der Waals surface area contributed by atoms with Crippen molar-refractivity contribution in [1.29, 1.82) is 0 Å². The predicted octanol–water partition coefficient (Wildman–Crippen LogP) is 3.37. The Hall–Kier alpha value is -3.89. The van der Waals surface area contributed by atoms with E-state index < -0.39 is 34.4 Å². The summed E-state index contributed by atoms with van der Waals surface area (Å²) < 4.78 is 42.5. The second kappa shape index (κ2) is 9.77. The molecule has 0 unspecified atom stereocenters.